The van der Waals surface area contributed by atoms with Gasteiger partial charge in [0, 0.05) is 6.42 Å². The Morgan fingerprint density at radius 2 is 1.50 bits per heavy atom. The van der Waals surface area contributed by atoms with Crippen molar-refractivity contribution in [3.05, 3.63) is 23.7 Å². The third-order valence-electron chi connectivity index (χ3n) is 3.92. The van der Waals surface area contributed by atoms with Crippen molar-refractivity contribution < 1.29 is 9.21 Å². The molecule has 0 spiro atoms. The number of hydrogen-bond donors (Lipinski definition) is 0. The second-order valence-corrected chi connectivity index (χ2v) is 5.75. The van der Waals surface area contributed by atoms with Crippen molar-refractivity contribution in [1.82, 2.24) is 0 Å². The molecular formula is C18H30O2. The van der Waals surface area contributed by atoms with Crippen molar-refractivity contribution in [3.8, 4) is 0 Å². The molecule has 0 atom stereocenters. The Hall–Kier alpha value is -1.05. The van der Waals surface area contributed by atoms with E-state index in [-0.39, 0.29) is 5.78 Å². The van der Waals surface area contributed by atoms with Crippen LogP contribution in [0.3, 0.4) is 0 Å². The highest BCUT2D eigenvalue weighted by Crippen LogP contribution is 2.15. The second-order valence-electron chi connectivity index (χ2n) is 5.75. The first kappa shape index (κ1) is 17.0. The van der Waals surface area contributed by atoms with E-state index < -0.39 is 0 Å². The van der Waals surface area contributed by atoms with E-state index in [4.69, 9.17) is 4.42 Å². The van der Waals surface area contributed by atoms with E-state index in [0.29, 0.717) is 6.42 Å². The summed E-state index contributed by atoms with van der Waals surface area (Å²) >= 11 is 0. The van der Waals surface area contributed by atoms with Crippen LogP contribution < -0.4 is 0 Å². The maximum absolute atomic E-state index is 11.9. The van der Waals surface area contributed by atoms with Crippen molar-refractivity contribution in [2.75, 3.05) is 0 Å². The molecule has 0 fully saturated rings. The minimum atomic E-state index is 0.232. The molecule has 0 bridgehead atoms. The number of ketones is 1. The lowest BCUT2D eigenvalue weighted by molar-refractivity contribution is 0.0977. The lowest BCUT2D eigenvalue weighted by atomic mass is 10.0. The Bertz CT molecular complexity index is 365. The van der Waals surface area contributed by atoms with E-state index in [1.54, 1.807) is 12.3 Å². The molecule has 0 aliphatic heterocycles. The van der Waals surface area contributed by atoms with Crippen molar-refractivity contribution in [3.63, 3.8) is 0 Å². The maximum atomic E-state index is 11.9. The topological polar surface area (TPSA) is 30.2 Å². The highest BCUT2D eigenvalue weighted by molar-refractivity contribution is 5.96. The molecule has 114 valence electrons. The summed E-state index contributed by atoms with van der Waals surface area (Å²) in [6.45, 7) is 4.11. The Morgan fingerprint density at radius 3 is 2.00 bits per heavy atom. The fraction of sp³-hybridized carbons (Fsp3) is 0.722. The molecule has 1 heterocycles. The number of aryl methyl sites for hydroxylation is 1. The van der Waals surface area contributed by atoms with Crippen LogP contribution in [0.2, 0.25) is 0 Å². The lowest BCUT2D eigenvalue weighted by Gasteiger charge is -2.02. The Morgan fingerprint density at radius 1 is 0.950 bits per heavy atom. The smallest absolute Gasteiger partial charge is 0.166 e. The fourth-order valence-corrected chi connectivity index (χ4v) is 2.58. The van der Waals surface area contributed by atoms with Gasteiger partial charge in [-0.15, -0.1) is 0 Å². The van der Waals surface area contributed by atoms with E-state index in [1.807, 2.05) is 6.92 Å². The van der Waals surface area contributed by atoms with Crippen molar-refractivity contribution in [2.24, 2.45) is 0 Å². The first-order valence-electron chi connectivity index (χ1n) is 8.33. The number of hydrogen-bond acceptors (Lipinski definition) is 2. The van der Waals surface area contributed by atoms with E-state index >= 15 is 0 Å². The van der Waals surface area contributed by atoms with Gasteiger partial charge in [-0.25, -0.2) is 0 Å². The fourth-order valence-electron chi connectivity index (χ4n) is 2.58. The van der Waals surface area contributed by atoms with E-state index in [9.17, 15) is 4.79 Å². The van der Waals surface area contributed by atoms with Gasteiger partial charge in [-0.1, -0.05) is 64.7 Å². The number of carbonyl (C=O) groups is 1. The number of unbranched alkanes of at least 4 members (excludes halogenated alkanes) is 9. The lowest BCUT2D eigenvalue weighted by Crippen LogP contribution is -1.98. The SMILES string of the molecule is CCCCCCCCCCCCC(=O)c1ccoc1C. The van der Waals surface area contributed by atoms with Crippen molar-refractivity contribution in [1.29, 1.82) is 0 Å². The van der Waals surface area contributed by atoms with Crippen LogP contribution in [0.1, 0.15) is 93.7 Å². The first-order valence-corrected chi connectivity index (χ1v) is 8.33. The van der Waals surface area contributed by atoms with Crippen LogP contribution in [0.25, 0.3) is 0 Å². The van der Waals surface area contributed by atoms with Gasteiger partial charge in [0.25, 0.3) is 0 Å². The molecule has 0 amide bonds. The molecule has 0 saturated heterocycles. The average Bonchev–Trinajstić information content (AvgIpc) is 2.87. The minimum absolute atomic E-state index is 0.232. The second kappa shape index (κ2) is 10.7. The highest BCUT2D eigenvalue weighted by atomic mass is 16.3. The van der Waals surface area contributed by atoms with Crippen LogP contribution in [0, 0.1) is 6.92 Å². The van der Waals surface area contributed by atoms with E-state index in [0.717, 1.165) is 17.7 Å². The van der Waals surface area contributed by atoms with Crippen molar-refractivity contribution >= 4 is 5.78 Å². The standard InChI is InChI=1S/C18H30O2/c1-3-4-5-6-7-8-9-10-11-12-13-18(19)17-14-15-20-16(17)2/h14-15H,3-13H2,1-2H3. The molecular weight excluding hydrogens is 248 g/mol. The van der Waals surface area contributed by atoms with Crippen LogP contribution in [0.5, 0.6) is 0 Å². The third-order valence-corrected chi connectivity index (χ3v) is 3.92. The molecule has 20 heavy (non-hydrogen) atoms. The van der Waals surface area contributed by atoms with Gasteiger partial charge in [-0.3, -0.25) is 4.79 Å². The maximum Gasteiger partial charge on any atom is 0.166 e. The summed E-state index contributed by atoms with van der Waals surface area (Å²) in [6, 6.07) is 1.79. The molecule has 0 N–H and O–H groups in total. The predicted octanol–water partition coefficient (Wildman–Crippen LogP) is 6.08. The third kappa shape index (κ3) is 6.93. The van der Waals surface area contributed by atoms with Crippen LogP contribution in [-0.2, 0) is 0 Å². The Labute approximate surface area is 123 Å². The summed E-state index contributed by atoms with van der Waals surface area (Å²) in [6.07, 6.45) is 15.3. The zero-order chi connectivity index (χ0) is 14.6. The van der Waals surface area contributed by atoms with Crippen molar-refractivity contribution in [2.45, 2.75) is 84.5 Å². The molecule has 1 aromatic heterocycles. The summed E-state index contributed by atoms with van der Waals surface area (Å²) in [5, 5.41) is 0. The molecule has 2 nitrogen and oxygen atoms in total. The zero-order valence-electron chi connectivity index (χ0n) is 13.2. The number of furan rings is 1. The van der Waals surface area contributed by atoms with Gasteiger partial charge in [-0.2, -0.15) is 0 Å². The summed E-state index contributed by atoms with van der Waals surface area (Å²) in [4.78, 5) is 11.9. The van der Waals surface area contributed by atoms with Gasteiger partial charge in [0.2, 0.25) is 0 Å². The molecule has 1 aromatic rings. The summed E-state index contributed by atoms with van der Waals surface area (Å²) < 4.78 is 5.16. The summed E-state index contributed by atoms with van der Waals surface area (Å²) in [5.74, 6) is 0.984. The summed E-state index contributed by atoms with van der Waals surface area (Å²) in [5.41, 5.74) is 0.765. The molecule has 0 aromatic carbocycles. The summed E-state index contributed by atoms with van der Waals surface area (Å²) in [7, 11) is 0. The average molecular weight is 278 g/mol. The molecule has 1 rings (SSSR count). The Kier molecular flexibility index (Phi) is 9.10. The molecule has 0 unspecified atom stereocenters. The Balaban J connectivity index is 1.92. The largest absolute Gasteiger partial charge is 0.469 e. The van der Waals surface area contributed by atoms with E-state index in [2.05, 4.69) is 6.92 Å². The van der Waals surface area contributed by atoms with Crippen LogP contribution in [0.15, 0.2) is 16.7 Å². The molecule has 0 radical (unpaired) electrons. The number of Topliss-reactive ketones (excluding diaryl/α,β-unsaturated/α-hetero) is 1. The van der Waals surface area contributed by atoms with Gasteiger partial charge in [-0.05, 0) is 19.4 Å². The van der Waals surface area contributed by atoms with Crippen LogP contribution >= 0.6 is 0 Å². The minimum Gasteiger partial charge on any atom is -0.469 e. The van der Waals surface area contributed by atoms with Crippen LogP contribution in [0.4, 0.5) is 0 Å². The number of carbonyl (C=O) groups excluding carboxylic acids is 1. The normalized spacial score (nSPS) is 10.9. The van der Waals surface area contributed by atoms with Gasteiger partial charge in [0.1, 0.15) is 5.76 Å². The predicted molar refractivity (Wildman–Crippen MR) is 84.2 cm³/mol. The monoisotopic (exact) mass is 278 g/mol. The van der Waals surface area contributed by atoms with Gasteiger partial charge < -0.3 is 4.42 Å². The van der Waals surface area contributed by atoms with Crippen LogP contribution in [-0.4, -0.2) is 5.78 Å². The first-order chi connectivity index (χ1) is 9.75. The number of rotatable bonds is 12. The van der Waals surface area contributed by atoms with Gasteiger partial charge in [0.15, 0.2) is 5.78 Å². The zero-order valence-corrected chi connectivity index (χ0v) is 13.2. The molecule has 2 heteroatoms. The molecule has 0 aliphatic rings. The highest BCUT2D eigenvalue weighted by Gasteiger charge is 2.10. The quantitative estimate of drug-likeness (QED) is 0.342. The molecule has 0 saturated carbocycles. The molecule has 0 aliphatic carbocycles. The van der Waals surface area contributed by atoms with Gasteiger partial charge >= 0.3 is 0 Å². The van der Waals surface area contributed by atoms with Gasteiger partial charge in [0.05, 0.1) is 11.8 Å². The van der Waals surface area contributed by atoms with E-state index in [1.165, 1.54) is 57.8 Å².